The van der Waals surface area contributed by atoms with Crippen molar-refractivity contribution >= 4 is 20.9 Å². The third-order valence-corrected chi connectivity index (χ3v) is 12.3. The van der Waals surface area contributed by atoms with Crippen LogP contribution in [0.2, 0.25) is 0 Å². The Kier molecular flexibility index (Phi) is 4.78. The van der Waals surface area contributed by atoms with E-state index in [2.05, 4.69) is 93.6 Å². The molecule has 0 unspecified atom stereocenters. The molecule has 0 bridgehead atoms. The summed E-state index contributed by atoms with van der Waals surface area (Å²) >= 11 is -3.11. The summed E-state index contributed by atoms with van der Waals surface area (Å²) in [5.74, 6) is 0. The van der Waals surface area contributed by atoms with E-state index in [1.54, 1.807) is 0 Å². The first-order valence-electron chi connectivity index (χ1n) is 7.90. The van der Waals surface area contributed by atoms with Crippen LogP contribution in [0.25, 0.3) is 0 Å². The molecule has 0 nitrogen and oxygen atoms in total. The molecule has 0 aliphatic carbocycles. The van der Waals surface area contributed by atoms with Gasteiger partial charge in [-0.05, 0) is 0 Å². The van der Waals surface area contributed by atoms with Crippen LogP contribution in [0.15, 0.2) is 72.8 Å². The monoisotopic (exact) mass is 356 g/mol. The van der Waals surface area contributed by atoms with E-state index in [4.69, 9.17) is 9.30 Å². The second-order valence-corrected chi connectivity index (χ2v) is 13.4. The summed E-state index contributed by atoms with van der Waals surface area (Å²) in [7, 11) is 7.46. The van der Waals surface area contributed by atoms with Crippen LogP contribution >= 0.6 is 9.30 Å². The van der Waals surface area contributed by atoms with Gasteiger partial charge in [0, 0.05) is 0 Å². The Morgan fingerprint density at radius 2 is 0.696 bits per heavy atom. The summed E-state index contributed by atoms with van der Waals surface area (Å²) in [4.78, 5) is 0. The van der Waals surface area contributed by atoms with E-state index in [1.165, 1.54) is 28.3 Å². The molecule has 0 amide bonds. The molecule has 0 radical (unpaired) electrons. The van der Waals surface area contributed by atoms with Crippen LogP contribution < -0.4 is 11.6 Å². The first-order chi connectivity index (χ1) is 11.0. The number of hydrogen-bond acceptors (Lipinski definition) is 0. The minimum atomic E-state index is -3.11. The van der Waals surface area contributed by atoms with Crippen LogP contribution in [-0.2, 0) is 15.5 Å². The number of halogens is 1. The van der Waals surface area contributed by atoms with Crippen molar-refractivity contribution < 1.29 is 15.5 Å². The van der Waals surface area contributed by atoms with Gasteiger partial charge in [0.2, 0.25) is 0 Å². The number of aryl methyl sites for hydroxylation is 3. The van der Waals surface area contributed by atoms with Gasteiger partial charge in [0.15, 0.2) is 0 Å². The molecular weight excluding hydrogens is 336 g/mol. The van der Waals surface area contributed by atoms with E-state index in [-0.39, 0.29) is 0 Å². The Bertz CT molecular complexity index is 676. The zero-order valence-corrected chi connectivity index (χ0v) is 16.1. The van der Waals surface area contributed by atoms with Gasteiger partial charge in [-0.3, -0.25) is 0 Å². The average molecular weight is 357 g/mol. The molecule has 3 rings (SSSR count). The van der Waals surface area contributed by atoms with E-state index in [9.17, 15) is 0 Å². The predicted octanol–water partition coefficient (Wildman–Crippen LogP) is 4.20. The van der Waals surface area contributed by atoms with Crippen LogP contribution in [0.1, 0.15) is 16.7 Å². The van der Waals surface area contributed by atoms with Crippen molar-refractivity contribution in [1.29, 1.82) is 0 Å². The van der Waals surface area contributed by atoms with Crippen molar-refractivity contribution in [3.63, 3.8) is 0 Å². The van der Waals surface area contributed by atoms with E-state index < -0.39 is 15.5 Å². The summed E-state index contributed by atoms with van der Waals surface area (Å²) in [5, 5.41) is 0. The standard InChI is InChI=1S/3C7H7.ClH.Ti/c3*1-7-5-3-2-4-6-7;;/h3*3-6H,1H3;1H;/q;;;;+1/p-1. The third kappa shape index (κ3) is 3.31. The number of hydrogen-bond donors (Lipinski definition) is 0. The molecule has 0 aliphatic heterocycles. The zero-order chi connectivity index (χ0) is 16.4. The predicted molar refractivity (Wildman–Crippen MR) is 98.3 cm³/mol. The van der Waals surface area contributed by atoms with Crippen molar-refractivity contribution in [2.75, 3.05) is 0 Å². The summed E-state index contributed by atoms with van der Waals surface area (Å²) in [5.41, 5.74) is 3.80. The molecule has 0 aliphatic rings. The molecule has 0 saturated carbocycles. The van der Waals surface area contributed by atoms with Gasteiger partial charge < -0.3 is 0 Å². The quantitative estimate of drug-likeness (QED) is 0.617. The van der Waals surface area contributed by atoms with Gasteiger partial charge in [0.1, 0.15) is 0 Å². The summed E-state index contributed by atoms with van der Waals surface area (Å²) in [6.45, 7) is 6.35. The Hall–Kier alpha value is -1.34. The van der Waals surface area contributed by atoms with E-state index in [1.807, 2.05) is 0 Å². The molecule has 23 heavy (non-hydrogen) atoms. The van der Waals surface area contributed by atoms with Gasteiger partial charge in [0.05, 0.1) is 0 Å². The fourth-order valence-corrected chi connectivity index (χ4v) is 8.90. The van der Waals surface area contributed by atoms with Gasteiger partial charge in [-0.1, -0.05) is 0 Å². The average Bonchev–Trinajstić information content (AvgIpc) is 2.56. The molecule has 0 N–H and O–H groups in total. The van der Waals surface area contributed by atoms with E-state index in [0.29, 0.717) is 0 Å². The van der Waals surface area contributed by atoms with Crippen LogP contribution in [0.5, 0.6) is 0 Å². The zero-order valence-electron chi connectivity index (χ0n) is 13.8. The topological polar surface area (TPSA) is 0 Å². The van der Waals surface area contributed by atoms with Crippen molar-refractivity contribution in [3.8, 4) is 0 Å². The molecule has 0 atom stereocenters. The first kappa shape index (κ1) is 16.5. The van der Waals surface area contributed by atoms with Crippen LogP contribution in [0.4, 0.5) is 0 Å². The summed E-state index contributed by atoms with van der Waals surface area (Å²) < 4.78 is 3.85. The van der Waals surface area contributed by atoms with Gasteiger partial charge in [-0.15, -0.1) is 0 Å². The van der Waals surface area contributed by atoms with Crippen molar-refractivity contribution in [3.05, 3.63) is 89.5 Å². The van der Waals surface area contributed by atoms with Gasteiger partial charge in [-0.25, -0.2) is 0 Å². The molecular formula is C21H21ClTi. The number of benzene rings is 3. The van der Waals surface area contributed by atoms with Crippen molar-refractivity contribution in [2.24, 2.45) is 0 Å². The molecule has 0 spiro atoms. The third-order valence-electron chi connectivity index (χ3n) is 4.35. The van der Waals surface area contributed by atoms with E-state index >= 15 is 0 Å². The Labute approximate surface area is 146 Å². The normalized spacial score (nSPS) is 11.5. The Morgan fingerprint density at radius 1 is 0.478 bits per heavy atom. The molecule has 116 valence electrons. The molecule has 3 aromatic rings. The second kappa shape index (κ2) is 6.65. The fourth-order valence-electron chi connectivity index (χ4n) is 2.85. The number of rotatable bonds is 3. The van der Waals surface area contributed by atoms with Crippen LogP contribution in [0.3, 0.4) is 0 Å². The van der Waals surface area contributed by atoms with Gasteiger partial charge in [-0.2, -0.15) is 0 Å². The minimum absolute atomic E-state index is 1.27. The molecule has 0 heterocycles. The Balaban J connectivity index is 2.21. The molecule has 0 aromatic heterocycles. The first-order valence-corrected chi connectivity index (χ1v) is 12.4. The van der Waals surface area contributed by atoms with Crippen molar-refractivity contribution in [1.82, 2.24) is 0 Å². The van der Waals surface area contributed by atoms with Gasteiger partial charge in [0.25, 0.3) is 0 Å². The maximum atomic E-state index is 7.46. The van der Waals surface area contributed by atoms with Gasteiger partial charge >= 0.3 is 147 Å². The maximum absolute atomic E-state index is 7.46. The van der Waals surface area contributed by atoms with Crippen LogP contribution in [-0.4, -0.2) is 0 Å². The molecule has 3 aromatic carbocycles. The molecule has 0 fully saturated rings. The summed E-state index contributed by atoms with van der Waals surface area (Å²) in [6, 6.07) is 26.3. The fraction of sp³-hybridized carbons (Fsp3) is 0.143. The Morgan fingerprint density at radius 3 is 0.913 bits per heavy atom. The van der Waals surface area contributed by atoms with Crippen LogP contribution in [0, 0.1) is 20.8 Å². The SMILES string of the molecule is Cc1cc[c]([Ti]([Cl])([c]2ccc(C)cc2)[c]2ccc(C)cc2)cc1. The van der Waals surface area contributed by atoms with E-state index in [0.717, 1.165) is 0 Å². The van der Waals surface area contributed by atoms with Crippen molar-refractivity contribution in [2.45, 2.75) is 20.8 Å². The molecule has 0 saturated heterocycles. The molecule has 2 heteroatoms. The second-order valence-electron chi connectivity index (χ2n) is 6.26. The summed E-state index contributed by atoms with van der Waals surface area (Å²) in [6.07, 6.45) is 0.